The smallest absolute Gasteiger partial charge is 0.322 e. The van der Waals surface area contributed by atoms with Crippen molar-refractivity contribution in [1.82, 2.24) is 14.9 Å². The molecule has 2 aliphatic rings. The number of hydrogen-bond acceptors (Lipinski definition) is 5. The van der Waals surface area contributed by atoms with E-state index in [1.54, 1.807) is 23.4 Å². The minimum Gasteiger partial charge on any atom is -0.396 e. The molecular weight excluding hydrogens is 447 g/mol. The summed E-state index contributed by atoms with van der Waals surface area (Å²) in [5.74, 6) is -0.708. The van der Waals surface area contributed by atoms with Crippen LogP contribution >= 0.6 is 0 Å². The summed E-state index contributed by atoms with van der Waals surface area (Å²) in [5, 5.41) is 8.89. The molecule has 3 N–H and O–H groups in total. The van der Waals surface area contributed by atoms with E-state index >= 15 is 0 Å². The van der Waals surface area contributed by atoms with E-state index in [-0.39, 0.29) is 30.1 Å². The fourth-order valence-corrected chi connectivity index (χ4v) is 4.35. The molecule has 1 unspecified atom stereocenters. The first-order valence-electron chi connectivity index (χ1n) is 11.4. The van der Waals surface area contributed by atoms with Crippen LogP contribution in [0.1, 0.15) is 35.6 Å². The maximum atomic E-state index is 13.8. The highest BCUT2D eigenvalue weighted by molar-refractivity contribution is 6.06. The normalized spacial score (nSPS) is 17.3. The first-order chi connectivity index (χ1) is 16.9. The van der Waals surface area contributed by atoms with Crippen LogP contribution in [0, 0.1) is 11.7 Å². The lowest BCUT2D eigenvalue weighted by molar-refractivity contribution is -0.133. The Hall–Kier alpha value is -4.27. The molecule has 2 aromatic carbocycles. The van der Waals surface area contributed by atoms with Gasteiger partial charge in [-0.1, -0.05) is 25.1 Å². The number of nitrogen functional groups attached to an aromatic ring is 1. The number of rotatable bonds is 4. The number of hydrogen-bond donors (Lipinski definition) is 2. The molecule has 1 aromatic heterocycles. The third kappa shape index (κ3) is 4.70. The van der Waals surface area contributed by atoms with Crippen molar-refractivity contribution >= 4 is 29.0 Å². The lowest BCUT2D eigenvalue weighted by Crippen LogP contribution is -2.36. The van der Waals surface area contributed by atoms with E-state index in [0.717, 1.165) is 22.4 Å². The Morgan fingerprint density at radius 1 is 1.14 bits per heavy atom. The molecule has 3 aromatic rings. The summed E-state index contributed by atoms with van der Waals surface area (Å²) in [7, 11) is 0. The van der Waals surface area contributed by atoms with Gasteiger partial charge in [0.2, 0.25) is 5.91 Å². The molecule has 0 bridgehead atoms. The monoisotopic (exact) mass is 472 g/mol. The van der Waals surface area contributed by atoms with Crippen LogP contribution in [0.25, 0.3) is 0 Å². The van der Waals surface area contributed by atoms with Crippen LogP contribution in [0.5, 0.6) is 0 Å². The van der Waals surface area contributed by atoms with Gasteiger partial charge in [-0.2, -0.15) is 5.10 Å². The van der Waals surface area contributed by atoms with E-state index in [1.165, 1.54) is 17.1 Å². The number of anilines is 2. The summed E-state index contributed by atoms with van der Waals surface area (Å²) in [6.45, 7) is 3.20. The quantitative estimate of drug-likeness (QED) is 0.558. The number of fused-ring (bicyclic) bond motifs is 1. The summed E-state index contributed by atoms with van der Waals surface area (Å²) in [6.07, 6.45) is 3.83. The van der Waals surface area contributed by atoms with E-state index < -0.39 is 5.82 Å². The molecule has 35 heavy (non-hydrogen) atoms. The number of pyridine rings is 1. The van der Waals surface area contributed by atoms with Crippen molar-refractivity contribution in [2.24, 2.45) is 11.0 Å². The number of nitrogens with one attached hydrogen (secondary N) is 1. The molecule has 0 aliphatic carbocycles. The van der Waals surface area contributed by atoms with Crippen LogP contribution in [-0.4, -0.2) is 32.5 Å². The van der Waals surface area contributed by atoms with Crippen LogP contribution in [0.4, 0.5) is 20.6 Å². The van der Waals surface area contributed by atoms with Crippen molar-refractivity contribution in [3.63, 3.8) is 0 Å². The van der Waals surface area contributed by atoms with Crippen molar-refractivity contribution < 1.29 is 14.0 Å². The average Bonchev–Trinajstić information content (AvgIpc) is 3.28. The first kappa shape index (κ1) is 22.5. The maximum Gasteiger partial charge on any atom is 0.322 e. The van der Waals surface area contributed by atoms with Gasteiger partial charge in [0.25, 0.3) is 0 Å². The number of carbonyl (C=O) groups excluding carboxylic acids is 2. The highest BCUT2D eigenvalue weighted by Crippen LogP contribution is 2.25. The van der Waals surface area contributed by atoms with E-state index in [1.807, 2.05) is 37.3 Å². The van der Waals surface area contributed by atoms with Crippen molar-refractivity contribution in [2.75, 3.05) is 11.1 Å². The Morgan fingerprint density at radius 3 is 2.66 bits per heavy atom. The zero-order valence-corrected chi connectivity index (χ0v) is 19.2. The molecule has 0 saturated carbocycles. The molecule has 0 fully saturated rings. The summed E-state index contributed by atoms with van der Waals surface area (Å²) in [6, 6.07) is 13.7. The first-order valence-corrected chi connectivity index (χ1v) is 11.4. The molecule has 0 radical (unpaired) electrons. The van der Waals surface area contributed by atoms with Gasteiger partial charge >= 0.3 is 6.03 Å². The van der Waals surface area contributed by atoms with Gasteiger partial charge in [0, 0.05) is 43.5 Å². The zero-order valence-electron chi connectivity index (χ0n) is 19.2. The lowest BCUT2D eigenvalue weighted by atomic mass is 9.93. The van der Waals surface area contributed by atoms with Crippen molar-refractivity contribution in [3.8, 4) is 0 Å². The number of nitrogens with zero attached hydrogens (tertiary/aromatic N) is 4. The predicted molar refractivity (Wildman–Crippen MR) is 131 cm³/mol. The van der Waals surface area contributed by atoms with Gasteiger partial charge in [-0.15, -0.1) is 0 Å². The second-order valence-corrected chi connectivity index (χ2v) is 8.91. The molecule has 0 saturated heterocycles. The van der Waals surface area contributed by atoms with Gasteiger partial charge in [-0.05, 0) is 52.6 Å². The Kier molecular flexibility index (Phi) is 5.90. The van der Waals surface area contributed by atoms with Crippen molar-refractivity contribution in [1.29, 1.82) is 0 Å². The number of benzene rings is 2. The summed E-state index contributed by atoms with van der Waals surface area (Å²) < 4.78 is 13.8. The van der Waals surface area contributed by atoms with Gasteiger partial charge in [-0.3, -0.25) is 9.78 Å². The average molecular weight is 473 g/mol. The third-order valence-corrected chi connectivity index (χ3v) is 6.31. The Morgan fingerprint density at radius 2 is 1.91 bits per heavy atom. The molecule has 3 amide bonds. The molecular formula is C26H25FN6O2. The predicted octanol–water partition coefficient (Wildman–Crippen LogP) is 4.12. The molecule has 9 heteroatoms. The van der Waals surface area contributed by atoms with Gasteiger partial charge in [0.05, 0.1) is 17.9 Å². The van der Waals surface area contributed by atoms with E-state index in [0.29, 0.717) is 30.8 Å². The Bertz CT molecular complexity index is 1300. The number of halogens is 1. The minimum absolute atomic E-state index is 0.0648. The Balaban J connectivity index is 1.28. The molecule has 0 spiro atoms. The van der Waals surface area contributed by atoms with Gasteiger partial charge in [0.1, 0.15) is 5.82 Å². The summed E-state index contributed by atoms with van der Waals surface area (Å²) in [4.78, 5) is 31.1. The largest absolute Gasteiger partial charge is 0.396 e. The van der Waals surface area contributed by atoms with Gasteiger partial charge in [-0.25, -0.2) is 14.2 Å². The van der Waals surface area contributed by atoms with Gasteiger partial charge < -0.3 is 16.0 Å². The Labute approximate surface area is 202 Å². The minimum atomic E-state index is -0.517. The van der Waals surface area contributed by atoms with Crippen LogP contribution in [-0.2, 0) is 24.4 Å². The fraction of sp³-hybridized carbons (Fsp3) is 0.231. The third-order valence-electron chi connectivity index (χ3n) is 6.31. The number of nitrogens with two attached hydrogens (primary N) is 1. The molecule has 5 rings (SSSR count). The van der Waals surface area contributed by atoms with Crippen LogP contribution < -0.4 is 11.1 Å². The number of aromatic nitrogens is 1. The van der Waals surface area contributed by atoms with Crippen LogP contribution in [0.2, 0.25) is 0 Å². The summed E-state index contributed by atoms with van der Waals surface area (Å²) >= 11 is 0. The second-order valence-electron chi connectivity index (χ2n) is 8.91. The van der Waals surface area contributed by atoms with Crippen LogP contribution in [0.3, 0.4) is 0 Å². The summed E-state index contributed by atoms with van der Waals surface area (Å²) in [5.41, 5.74) is 10.7. The van der Waals surface area contributed by atoms with Crippen molar-refractivity contribution in [3.05, 3.63) is 89.0 Å². The fourth-order valence-electron chi connectivity index (χ4n) is 4.35. The second kappa shape index (κ2) is 9.17. The van der Waals surface area contributed by atoms with E-state index in [2.05, 4.69) is 15.4 Å². The highest BCUT2D eigenvalue weighted by Gasteiger charge is 2.28. The van der Waals surface area contributed by atoms with Gasteiger partial charge in [0.15, 0.2) is 0 Å². The number of amides is 3. The number of urea groups is 1. The number of hydrazone groups is 1. The standard InChI is InChI=1S/C26H25FN6O2/c1-16-10-24(34)33(13-17-2-7-23(28)22(27)11-17)31-25(16)18-3-5-21(6-4-18)30-26(35)32-14-19-8-9-29-12-20(19)15-32/h2-9,11-12,16H,10,13-15,28H2,1H3,(H,30,35). The highest BCUT2D eigenvalue weighted by atomic mass is 19.1. The van der Waals surface area contributed by atoms with E-state index in [9.17, 15) is 14.0 Å². The van der Waals surface area contributed by atoms with E-state index in [4.69, 9.17) is 5.73 Å². The molecule has 178 valence electrons. The SMILES string of the molecule is CC1CC(=O)N(Cc2ccc(N)c(F)c2)N=C1c1ccc(NC(=O)N2Cc3ccncc3C2)cc1. The van der Waals surface area contributed by atoms with Crippen molar-refractivity contribution in [2.45, 2.75) is 33.0 Å². The molecule has 8 nitrogen and oxygen atoms in total. The number of carbonyl (C=O) groups is 2. The van der Waals surface area contributed by atoms with Crippen LogP contribution in [0.15, 0.2) is 66.0 Å². The molecule has 2 aliphatic heterocycles. The molecule has 3 heterocycles. The lowest BCUT2D eigenvalue weighted by Gasteiger charge is -2.28. The zero-order chi connectivity index (χ0) is 24.5. The molecule has 1 atom stereocenters. The maximum absolute atomic E-state index is 13.8. The topological polar surface area (TPSA) is 104 Å².